The highest BCUT2D eigenvalue weighted by Gasteiger charge is 2.49. The second-order valence-electron chi connectivity index (χ2n) is 5.41. The minimum absolute atomic E-state index is 0.535. The Balaban J connectivity index is 2.25. The molecular formula is C17H20F2. The Hall–Kier alpha value is -1.36. The van der Waals surface area contributed by atoms with E-state index in [1.54, 1.807) is 0 Å². The molecule has 0 aromatic heterocycles. The maximum absolute atomic E-state index is 12.9. The zero-order valence-electron chi connectivity index (χ0n) is 11.6. The molecule has 0 heterocycles. The van der Waals surface area contributed by atoms with Gasteiger partial charge in [0.1, 0.15) is 0 Å². The van der Waals surface area contributed by atoms with Crippen LogP contribution in [0.25, 0.3) is 0 Å². The summed E-state index contributed by atoms with van der Waals surface area (Å²) < 4.78 is 25.7. The molecule has 0 bridgehead atoms. The summed E-state index contributed by atoms with van der Waals surface area (Å²) in [5, 5.41) is 0. The lowest BCUT2D eigenvalue weighted by atomic mass is 9.96. The molecule has 1 aliphatic rings. The van der Waals surface area contributed by atoms with Crippen molar-refractivity contribution in [2.75, 3.05) is 0 Å². The van der Waals surface area contributed by atoms with E-state index in [9.17, 15) is 8.78 Å². The molecule has 1 saturated carbocycles. The van der Waals surface area contributed by atoms with Gasteiger partial charge in [-0.15, -0.1) is 0 Å². The van der Waals surface area contributed by atoms with Crippen LogP contribution in [0.1, 0.15) is 49.3 Å². The number of hydrogen-bond acceptors (Lipinski definition) is 0. The van der Waals surface area contributed by atoms with Crippen molar-refractivity contribution in [2.24, 2.45) is 5.41 Å². The van der Waals surface area contributed by atoms with Crippen LogP contribution in [0.15, 0.2) is 18.2 Å². The van der Waals surface area contributed by atoms with Crippen LogP contribution in [0.3, 0.4) is 0 Å². The quantitative estimate of drug-likeness (QED) is 0.688. The lowest BCUT2D eigenvalue weighted by Gasteiger charge is -2.09. The fourth-order valence-electron chi connectivity index (χ4n) is 2.23. The number of benzene rings is 1. The standard InChI is InChI=1S/C17H20F2/c1-3-4-8-15-13(2)6-5-7-14(15)9-10-17(11-12-17)16(18)19/h5-7,16H,3-4,8,11-12H2,1-2H3. The third-order valence-corrected chi connectivity index (χ3v) is 3.84. The number of unbranched alkanes of at least 4 members (excludes halogenated alkanes) is 1. The van der Waals surface area contributed by atoms with Crippen LogP contribution in [0.4, 0.5) is 8.78 Å². The maximum atomic E-state index is 12.9. The molecular weight excluding hydrogens is 242 g/mol. The molecule has 102 valence electrons. The fourth-order valence-corrected chi connectivity index (χ4v) is 2.23. The molecule has 19 heavy (non-hydrogen) atoms. The SMILES string of the molecule is CCCCc1c(C)cccc1C#CC1(C(F)F)CC1. The Labute approximate surface area is 114 Å². The highest BCUT2D eigenvalue weighted by atomic mass is 19.3. The lowest BCUT2D eigenvalue weighted by molar-refractivity contribution is 0.0921. The molecule has 0 N–H and O–H groups in total. The third-order valence-electron chi connectivity index (χ3n) is 3.84. The molecule has 0 amide bonds. The molecule has 0 radical (unpaired) electrons. The topological polar surface area (TPSA) is 0 Å². The van der Waals surface area contributed by atoms with Crippen molar-refractivity contribution in [2.45, 2.75) is 52.4 Å². The number of rotatable bonds is 4. The van der Waals surface area contributed by atoms with Crippen molar-refractivity contribution in [1.29, 1.82) is 0 Å². The largest absolute Gasteiger partial charge is 0.254 e. The van der Waals surface area contributed by atoms with Crippen molar-refractivity contribution in [1.82, 2.24) is 0 Å². The number of hydrogen-bond donors (Lipinski definition) is 0. The first-order valence-corrected chi connectivity index (χ1v) is 6.99. The molecule has 0 saturated heterocycles. The molecule has 0 nitrogen and oxygen atoms in total. The molecule has 2 rings (SSSR count). The first-order chi connectivity index (χ1) is 9.09. The summed E-state index contributed by atoms with van der Waals surface area (Å²) in [5.74, 6) is 5.85. The Morgan fingerprint density at radius 1 is 1.32 bits per heavy atom. The molecule has 0 aliphatic heterocycles. The molecule has 1 aromatic rings. The van der Waals surface area contributed by atoms with E-state index in [2.05, 4.69) is 31.8 Å². The van der Waals surface area contributed by atoms with Gasteiger partial charge in [0, 0.05) is 5.56 Å². The van der Waals surface area contributed by atoms with Gasteiger partial charge in [-0.05, 0) is 49.8 Å². The third kappa shape index (κ3) is 3.15. The highest BCUT2D eigenvalue weighted by Crippen LogP contribution is 2.50. The first kappa shape index (κ1) is 14.1. The Morgan fingerprint density at radius 2 is 2.05 bits per heavy atom. The van der Waals surface area contributed by atoms with Gasteiger partial charge in [0.15, 0.2) is 0 Å². The molecule has 0 unspecified atom stereocenters. The van der Waals surface area contributed by atoms with Gasteiger partial charge in [0.2, 0.25) is 0 Å². The van der Waals surface area contributed by atoms with Gasteiger partial charge in [0.25, 0.3) is 6.43 Å². The predicted molar refractivity (Wildman–Crippen MR) is 74.3 cm³/mol. The molecule has 0 spiro atoms. The van der Waals surface area contributed by atoms with Crippen LogP contribution in [-0.2, 0) is 6.42 Å². The minimum Gasteiger partial charge on any atom is -0.209 e. The number of alkyl halides is 2. The van der Waals surface area contributed by atoms with Gasteiger partial charge >= 0.3 is 0 Å². The normalized spacial score (nSPS) is 16.1. The van der Waals surface area contributed by atoms with Gasteiger partial charge in [-0.25, -0.2) is 8.78 Å². The average Bonchev–Trinajstić information content (AvgIpc) is 3.16. The summed E-state index contributed by atoms with van der Waals surface area (Å²) in [6.07, 6.45) is 1.97. The monoisotopic (exact) mass is 262 g/mol. The Kier molecular flexibility index (Phi) is 4.24. The van der Waals surface area contributed by atoms with E-state index < -0.39 is 11.8 Å². The van der Waals surface area contributed by atoms with Crippen molar-refractivity contribution >= 4 is 0 Å². The number of halogens is 2. The van der Waals surface area contributed by atoms with E-state index in [-0.39, 0.29) is 0 Å². The summed E-state index contributed by atoms with van der Waals surface area (Å²) in [6.45, 7) is 4.22. The molecule has 1 fully saturated rings. The molecule has 0 atom stereocenters. The van der Waals surface area contributed by atoms with Gasteiger partial charge in [-0.2, -0.15) is 0 Å². The van der Waals surface area contributed by atoms with Crippen molar-refractivity contribution in [3.05, 3.63) is 34.9 Å². The first-order valence-electron chi connectivity index (χ1n) is 6.99. The zero-order valence-corrected chi connectivity index (χ0v) is 11.6. The maximum Gasteiger partial charge on any atom is 0.254 e. The molecule has 1 aromatic carbocycles. The summed E-state index contributed by atoms with van der Waals surface area (Å²) >= 11 is 0. The lowest BCUT2D eigenvalue weighted by Crippen LogP contribution is -2.09. The van der Waals surface area contributed by atoms with Gasteiger partial charge < -0.3 is 0 Å². The minimum atomic E-state index is -2.32. The molecule has 2 heteroatoms. The van der Waals surface area contributed by atoms with E-state index in [1.165, 1.54) is 11.1 Å². The van der Waals surface area contributed by atoms with Crippen LogP contribution in [0.2, 0.25) is 0 Å². The van der Waals surface area contributed by atoms with E-state index in [1.807, 2.05) is 12.1 Å². The second kappa shape index (κ2) is 5.74. The second-order valence-corrected chi connectivity index (χ2v) is 5.41. The zero-order chi connectivity index (χ0) is 13.9. The van der Waals surface area contributed by atoms with Crippen LogP contribution < -0.4 is 0 Å². The van der Waals surface area contributed by atoms with E-state index in [0.717, 1.165) is 24.8 Å². The highest BCUT2D eigenvalue weighted by molar-refractivity contribution is 5.46. The van der Waals surface area contributed by atoms with Gasteiger partial charge in [-0.3, -0.25) is 0 Å². The van der Waals surface area contributed by atoms with Crippen LogP contribution in [-0.4, -0.2) is 6.43 Å². The number of aryl methyl sites for hydroxylation is 1. The van der Waals surface area contributed by atoms with Crippen LogP contribution in [0, 0.1) is 24.2 Å². The van der Waals surface area contributed by atoms with E-state index >= 15 is 0 Å². The van der Waals surface area contributed by atoms with Crippen molar-refractivity contribution in [3.8, 4) is 11.8 Å². The van der Waals surface area contributed by atoms with E-state index in [4.69, 9.17) is 0 Å². The average molecular weight is 262 g/mol. The van der Waals surface area contributed by atoms with E-state index in [0.29, 0.717) is 12.8 Å². The molecule has 1 aliphatic carbocycles. The van der Waals surface area contributed by atoms with Crippen molar-refractivity contribution in [3.63, 3.8) is 0 Å². The Morgan fingerprint density at radius 3 is 2.63 bits per heavy atom. The summed E-state index contributed by atoms with van der Waals surface area (Å²) in [6, 6.07) is 5.97. The predicted octanol–water partition coefficient (Wildman–Crippen LogP) is 4.73. The smallest absolute Gasteiger partial charge is 0.209 e. The Bertz CT molecular complexity index is 502. The summed E-state index contributed by atoms with van der Waals surface area (Å²) in [4.78, 5) is 0. The summed E-state index contributed by atoms with van der Waals surface area (Å²) in [7, 11) is 0. The fraction of sp³-hybridized carbons (Fsp3) is 0.529. The van der Waals surface area contributed by atoms with Crippen LogP contribution >= 0.6 is 0 Å². The van der Waals surface area contributed by atoms with Crippen LogP contribution in [0.5, 0.6) is 0 Å². The van der Waals surface area contributed by atoms with Crippen molar-refractivity contribution < 1.29 is 8.78 Å². The van der Waals surface area contributed by atoms with Gasteiger partial charge in [-0.1, -0.05) is 37.3 Å². The summed E-state index contributed by atoms with van der Waals surface area (Å²) in [5.41, 5.74) is 2.36. The van der Waals surface area contributed by atoms with Gasteiger partial charge in [0.05, 0.1) is 5.41 Å².